The molecule has 6 rings (SSSR count). The third kappa shape index (κ3) is 7.44. The monoisotopic (exact) mass is 669 g/mol. The van der Waals surface area contributed by atoms with E-state index < -0.39 is 53.1 Å². The summed E-state index contributed by atoms with van der Waals surface area (Å²) in [6.07, 6.45) is 7.28. The maximum absolute atomic E-state index is 14.7. The Morgan fingerprint density at radius 2 is 1.63 bits per heavy atom. The number of amides is 4. The third-order valence-electron chi connectivity index (χ3n) is 10.4. The number of nitrogens with zero attached hydrogens (tertiary/aromatic N) is 2. The first-order chi connectivity index (χ1) is 23.6. The van der Waals surface area contributed by atoms with Crippen molar-refractivity contribution in [2.45, 2.75) is 81.5 Å². The highest BCUT2D eigenvalue weighted by atomic mass is 16.5. The second kappa shape index (κ2) is 14.7. The van der Waals surface area contributed by atoms with E-state index in [1.54, 1.807) is 30.5 Å². The van der Waals surface area contributed by atoms with Gasteiger partial charge in [0.05, 0.1) is 6.04 Å². The number of Topliss-reactive ketones (excluding diaryl/α,β-unsaturated/α-hetero) is 1. The first-order valence-corrected chi connectivity index (χ1v) is 17.2. The second-order valence-corrected chi connectivity index (χ2v) is 13.5. The first-order valence-electron chi connectivity index (χ1n) is 17.2. The zero-order valence-corrected chi connectivity index (χ0v) is 27.5. The molecule has 2 aliphatic heterocycles. The molecule has 12 nitrogen and oxygen atoms in total. The van der Waals surface area contributed by atoms with Gasteiger partial charge in [0.1, 0.15) is 17.6 Å². The van der Waals surface area contributed by atoms with Crippen LogP contribution >= 0.6 is 0 Å². The number of carbonyl (C=O) groups excluding carboxylic acids is 5. The molecule has 3 aromatic rings. The highest BCUT2D eigenvalue weighted by Crippen LogP contribution is 2.32. The van der Waals surface area contributed by atoms with Crippen LogP contribution in [0.25, 0.3) is 10.8 Å². The van der Waals surface area contributed by atoms with Crippen molar-refractivity contribution >= 4 is 40.2 Å². The van der Waals surface area contributed by atoms with Crippen LogP contribution in [0.15, 0.2) is 71.7 Å². The summed E-state index contributed by atoms with van der Waals surface area (Å²) in [6.45, 7) is 0.311. The number of hydrogen-bond acceptors (Lipinski definition) is 7. The molecule has 1 aliphatic carbocycles. The summed E-state index contributed by atoms with van der Waals surface area (Å²) in [7, 11) is 0. The van der Waals surface area contributed by atoms with Crippen LogP contribution in [-0.2, 0) is 23.9 Å². The van der Waals surface area contributed by atoms with Gasteiger partial charge in [0.15, 0.2) is 0 Å². The Morgan fingerprint density at radius 1 is 0.918 bits per heavy atom. The molecule has 4 N–H and O–H groups in total. The molecule has 1 saturated carbocycles. The van der Waals surface area contributed by atoms with Crippen molar-refractivity contribution in [2.24, 2.45) is 11.7 Å². The summed E-state index contributed by atoms with van der Waals surface area (Å²) in [6, 6.07) is 15.3. The van der Waals surface area contributed by atoms with Crippen molar-refractivity contribution in [1.82, 2.24) is 20.1 Å². The topological polar surface area (TPSA) is 170 Å². The van der Waals surface area contributed by atoms with E-state index in [1.165, 1.54) is 15.5 Å². The smallest absolute Gasteiger partial charge is 0.287 e. The van der Waals surface area contributed by atoms with Gasteiger partial charge in [-0.3, -0.25) is 28.8 Å². The minimum atomic E-state index is -1.57. The Labute approximate surface area is 284 Å². The number of hydrogen-bond donors (Lipinski definition) is 3. The highest BCUT2D eigenvalue weighted by molar-refractivity contribution is 6.39. The number of ether oxygens (including phenoxy) is 1. The molecule has 12 heteroatoms. The molecule has 49 heavy (non-hydrogen) atoms. The summed E-state index contributed by atoms with van der Waals surface area (Å²) in [5, 5.41) is 7.68. The number of carbonyl (C=O) groups is 5. The summed E-state index contributed by atoms with van der Waals surface area (Å²) >= 11 is 0. The molecule has 1 aromatic heterocycles. The number of primary amides is 1. The van der Waals surface area contributed by atoms with Crippen LogP contribution < -0.4 is 21.9 Å². The van der Waals surface area contributed by atoms with Gasteiger partial charge in [0.2, 0.25) is 17.6 Å². The van der Waals surface area contributed by atoms with Crippen LogP contribution in [0.5, 0.6) is 0 Å². The van der Waals surface area contributed by atoms with E-state index in [-0.39, 0.29) is 50.5 Å². The normalized spacial score (nSPS) is 21.5. The number of rotatable bonds is 10. The average Bonchev–Trinajstić information content (AvgIpc) is 3.57. The molecular formula is C37H43N5O7. The fraction of sp³-hybridized carbons (Fsp3) is 0.459. The lowest BCUT2D eigenvalue weighted by Crippen LogP contribution is -2.64. The average molecular weight is 670 g/mol. The van der Waals surface area contributed by atoms with Crippen molar-refractivity contribution in [3.05, 3.63) is 82.8 Å². The van der Waals surface area contributed by atoms with Gasteiger partial charge < -0.3 is 30.6 Å². The van der Waals surface area contributed by atoms with Crippen LogP contribution in [-0.4, -0.2) is 76.3 Å². The van der Waals surface area contributed by atoms with E-state index in [4.69, 9.17) is 10.5 Å². The molecule has 3 aliphatic rings. The minimum Gasteiger partial charge on any atom is -0.381 e. The van der Waals surface area contributed by atoms with Crippen molar-refractivity contribution in [3.8, 4) is 0 Å². The summed E-state index contributed by atoms with van der Waals surface area (Å²) in [5.41, 5.74) is 3.97. The second-order valence-electron chi connectivity index (χ2n) is 13.5. The lowest BCUT2D eigenvalue weighted by atomic mass is 9.84. The van der Waals surface area contributed by atoms with Gasteiger partial charge in [0.25, 0.3) is 17.4 Å². The Kier molecular flexibility index (Phi) is 10.2. The van der Waals surface area contributed by atoms with Crippen LogP contribution in [0.4, 0.5) is 0 Å². The summed E-state index contributed by atoms with van der Waals surface area (Å²) < 4.78 is 6.91. The number of aromatic nitrogens is 1. The summed E-state index contributed by atoms with van der Waals surface area (Å²) in [4.78, 5) is 82.0. The fourth-order valence-corrected chi connectivity index (χ4v) is 7.68. The lowest BCUT2D eigenvalue weighted by Gasteiger charge is -2.37. The molecule has 4 amide bonds. The first kappa shape index (κ1) is 34.0. The number of nitrogens with one attached hydrogen (secondary N) is 2. The van der Waals surface area contributed by atoms with Gasteiger partial charge in [-0.05, 0) is 47.7 Å². The maximum atomic E-state index is 14.7. The van der Waals surface area contributed by atoms with Crippen molar-refractivity contribution in [1.29, 1.82) is 0 Å². The maximum Gasteiger partial charge on any atom is 0.287 e. The molecule has 0 unspecified atom stereocenters. The van der Waals surface area contributed by atoms with E-state index in [1.807, 2.05) is 30.3 Å². The Bertz CT molecular complexity index is 1790. The van der Waals surface area contributed by atoms with Gasteiger partial charge >= 0.3 is 0 Å². The number of likely N-dealkylation sites (tertiary alicyclic amines) is 1. The quantitative estimate of drug-likeness (QED) is 0.279. The molecule has 2 aromatic carbocycles. The van der Waals surface area contributed by atoms with Gasteiger partial charge in [-0.2, -0.15) is 0 Å². The van der Waals surface area contributed by atoms with Crippen molar-refractivity contribution < 1.29 is 28.7 Å². The number of nitrogens with two attached hydrogens (primary N) is 1. The molecule has 3 fully saturated rings. The van der Waals surface area contributed by atoms with Gasteiger partial charge in [-0.25, -0.2) is 0 Å². The van der Waals surface area contributed by atoms with E-state index in [2.05, 4.69) is 10.6 Å². The van der Waals surface area contributed by atoms with Gasteiger partial charge in [-0.1, -0.05) is 68.5 Å². The zero-order chi connectivity index (χ0) is 34.5. The molecule has 258 valence electrons. The van der Waals surface area contributed by atoms with Crippen LogP contribution in [0.3, 0.4) is 0 Å². The predicted molar refractivity (Wildman–Crippen MR) is 181 cm³/mol. The number of benzene rings is 2. The van der Waals surface area contributed by atoms with Crippen molar-refractivity contribution in [2.75, 3.05) is 19.8 Å². The molecule has 3 atom stereocenters. The molecule has 0 spiro atoms. The molecule has 0 bridgehead atoms. The minimum absolute atomic E-state index is 0.0354. The lowest BCUT2D eigenvalue weighted by molar-refractivity contribution is -0.147. The molecule has 0 radical (unpaired) electrons. The SMILES string of the molecule is NC(=O)C(=O)C1(NC(=O)[C@@H]2C[C@H](n3ccccc3=O)CN2C(=O)[C@@H](CC2CCCCC2)NC(=O)c2ccc3ccccc3c2)CCOCC1. The van der Waals surface area contributed by atoms with Crippen LogP contribution in [0.2, 0.25) is 0 Å². The predicted octanol–water partition coefficient (Wildman–Crippen LogP) is 2.63. The van der Waals surface area contributed by atoms with E-state index in [9.17, 15) is 28.8 Å². The van der Waals surface area contributed by atoms with Gasteiger partial charge in [-0.15, -0.1) is 0 Å². The van der Waals surface area contributed by atoms with E-state index in [0.717, 1.165) is 42.9 Å². The number of fused-ring (bicyclic) bond motifs is 1. The Balaban J connectivity index is 1.31. The van der Waals surface area contributed by atoms with E-state index in [0.29, 0.717) is 12.0 Å². The zero-order valence-electron chi connectivity index (χ0n) is 27.5. The molecule has 3 heterocycles. The number of ketones is 1. The third-order valence-corrected chi connectivity index (χ3v) is 10.4. The molecular weight excluding hydrogens is 626 g/mol. The number of pyridine rings is 1. The standard InChI is InChI=1S/C37H43N5O7/c38-33(45)32(44)37(15-18-49-19-16-37)40-35(47)30-22-28(41-17-7-6-12-31(41)43)23-42(30)36(48)29(20-24-8-2-1-3-9-24)39-34(46)27-14-13-25-10-4-5-11-26(25)21-27/h4-7,10-14,17,21,24,28-30H,1-3,8-9,15-16,18-20,22-23H2,(H2,38,45)(H,39,46)(H,40,47)/t28-,29+,30-/m0/s1. The van der Waals surface area contributed by atoms with Gasteiger partial charge in [0, 0.05) is 50.4 Å². The fourth-order valence-electron chi connectivity index (χ4n) is 7.68. The molecule has 2 saturated heterocycles. The Morgan fingerprint density at radius 3 is 2.35 bits per heavy atom. The van der Waals surface area contributed by atoms with E-state index >= 15 is 0 Å². The highest BCUT2D eigenvalue weighted by Gasteiger charge is 2.49. The van der Waals surface area contributed by atoms with Crippen LogP contribution in [0.1, 0.15) is 74.2 Å². The summed E-state index contributed by atoms with van der Waals surface area (Å²) in [5.74, 6) is -3.35. The largest absolute Gasteiger partial charge is 0.381 e. The Hall–Kier alpha value is -4.84. The van der Waals surface area contributed by atoms with Crippen molar-refractivity contribution in [3.63, 3.8) is 0 Å². The van der Waals surface area contributed by atoms with Crippen LogP contribution in [0, 0.1) is 5.92 Å².